The van der Waals surface area contributed by atoms with Gasteiger partial charge in [0.05, 0.1) is 0 Å². The number of hydrogen-bond acceptors (Lipinski definition) is 0. The lowest BCUT2D eigenvalue weighted by atomic mass is 9.59. The number of allylic oxidation sites excluding steroid dienone is 1. The number of rotatable bonds is 0. The minimum absolute atomic E-state index is 0.348. The molecule has 0 aromatic heterocycles. The average molecular weight is 166 g/mol. The molecule has 70 valence electrons. The highest BCUT2D eigenvalue weighted by Gasteiger charge is 2.39. The van der Waals surface area contributed by atoms with Crippen molar-refractivity contribution in [2.45, 2.75) is 47.5 Å². The molecule has 1 rings (SSSR count). The molecule has 0 atom stereocenters. The predicted octanol–water partition coefficient (Wildman–Crippen LogP) is 4.02. The lowest BCUT2D eigenvalue weighted by Crippen LogP contribution is -2.35. The third kappa shape index (κ3) is 1.57. The molecule has 0 unspecified atom stereocenters. The van der Waals surface area contributed by atoms with Crippen molar-refractivity contribution in [3.05, 3.63) is 12.2 Å². The highest BCUT2D eigenvalue weighted by molar-refractivity contribution is 5.19. The van der Waals surface area contributed by atoms with Gasteiger partial charge in [-0.25, -0.2) is 0 Å². The maximum absolute atomic E-state index is 4.25. The lowest BCUT2D eigenvalue weighted by molar-refractivity contribution is 0.162. The van der Waals surface area contributed by atoms with E-state index in [-0.39, 0.29) is 0 Å². The summed E-state index contributed by atoms with van der Waals surface area (Å²) in [6.07, 6.45) is 2.60. The molecule has 0 radical (unpaired) electrons. The van der Waals surface area contributed by atoms with E-state index in [0.29, 0.717) is 10.8 Å². The highest BCUT2D eigenvalue weighted by atomic mass is 14.4. The van der Waals surface area contributed by atoms with Gasteiger partial charge in [0.1, 0.15) is 0 Å². The zero-order valence-electron chi connectivity index (χ0n) is 9.20. The topological polar surface area (TPSA) is 0 Å². The summed E-state index contributed by atoms with van der Waals surface area (Å²) >= 11 is 0. The van der Waals surface area contributed by atoms with E-state index in [0.717, 1.165) is 5.92 Å². The van der Waals surface area contributed by atoms with Crippen LogP contribution in [0.15, 0.2) is 12.2 Å². The zero-order chi connectivity index (χ0) is 9.57. The predicted molar refractivity (Wildman–Crippen MR) is 55.1 cm³/mol. The van der Waals surface area contributed by atoms with Crippen LogP contribution in [0, 0.1) is 16.7 Å². The largest absolute Gasteiger partial charge is 0.0988 e. The van der Waals surface area contributed by atoms with E-state index in [1.165, 1.54) is 18.4 Å². The van der Waals surface area contributed by atoms with Crippen LogP contribution in [0.1, 0.15) is 47.5 Å². The Hall–Kier alpha value is -0.260. The summed E-state index contributed by atoms with van der Waals surface area (Å²) in [6.45, 7) is 15.9. The van der Waals surface area contributed by atoms with Gasteiger partial charge in [-0.15, -0.1) is 0 Å². The Morgan fingerprint density at radius 2 is 1.42 bits per heavy atom. The quantitative estimate of drug-likeness (QED) is 0.477. The fourth-order valence-corrected chi connectivity index (χ4v) is 2.98. The molecule has 0 saturated heterocycles. The highest BCUT2D eigenvalue weighted by Crippen LogP contribution is 2.51. The molecule has 0 bridgehead atoms. The Morgan fingerprint density at radius 1 is 1.08 bits per heavy atom. The second kappa shape index (κ2) is 2.61. The monoisotopic (exact) mass is 166 g/mol. The van der Waals surface area contributed by atoms with Gasteiger partial charge in [0.2, 0.25) is 0 Å². The van der Waals surface area contributed by atoms with Crippen molar-refractivity contribution in [2.75, 3.05) is 0 Å². The van der Waals surface area contributed by atoms with Crippen molar-refractivity contribution in [1.82, 2.24) is 0 Å². The molecule has 0 nitrogen and oxygen atoms in total. The Bertz CT molecular complexity index is 176. The van der Waals surface area contributed by atoms with Crippen LogP contribution in [0.2, 0.25) is 0 Å². The average Bonchev–Trinajstić information content (AvgIpc) is 1.80. The van der Waals surface area contributed by atoms with E-state index in [2.05, 4.69) is 41.2 Å². The van der Waals surface area contributed by atoms with Crippen molar-refractivity contribution >= 4 is 0 Å². The molecule has 0 heteroatoms. The summed E-state index contributed by atoms with van der Waals surface area (Å²) < 4.78 is 0. The normalized spacial score (nSPS) is 28.9. The smallest absolute Gasteiger partial charge is 0.0139 e. The van der Waals surface area contributed by atoms with Crippen LogP contribution in [-0.4, -0.2) is 0 Å². The fraction of sp³-hybridized carbons (Fsp3) is 0.833. The molecule has 0 heterocycles. The third-order valence-electron chi connectivity index (χ3n) is 3.35. The molecule has 0 aromatic carbocycles. The lowest BCUT2D eigenvalue weighted by Gasteiger charge is -2.46. The molecule has 12 heavy (non-hydrogen) atoms. The van der Waals surface area contributed by atoms with Crippen LogP contribution in [0.3, 0.4) is 0 Å². The van der Waals surface area contributed by atoms with Gasteiger partial charge in [0, 0.05) is 0 Å². The minimum Gasteiger partial charge on any atom is -0.0988 e. The molecule has 1 aliphatic rings. The van der Waals surface area contributed by atoms with E-state index in [1.54, 1.807) is 0 Å². The van der Waals surface area contributed by atoms with Crippen LogP contribution in [-0.2, 0) is 0 Å². The number of hydrogen-bond donors (Lipinski definition) is 0. The summed E-state index contributed by atoms with van der Waals surface area (Å²) in [5.41, 5.74) is 2.13. The first-order valence-electron chi connectivity index (χ1n) is 4.95. The van der Waals surface area contributed by atoms with Crippen LogP contribution < -0.4 is 0 Å². The SMILES string of the molecule is C=C1C(C)(C)CC(C)CC1(C)C. The van der Waals surface area contributed by atoms with Crippen molar-refractivity contribution in [2.24, 2.45) is 16.7 Å². The molecule has 1 aliphatic carbocycles. The summed E-state index contributed by atoms with van der Waals surface area (Å²) in [7, 11) is 0. The van der Waals surface area contributed by atoms with E-state index in [9.17, 15) is 0 Å². The van der Waals surface area contributed by atoms with E-state index < -0.39 is 0 Å². The molecule has 0 spiro atoms. The maximum Gasteiger partial charge on any atom is -0.0139 e. The van der Waals surface area contributed by atoms with Crippen LogP contribution in [0.25, 0.3) is 0 Å². The fourth-order valence-electron chi connectivity index (χ4n) is 2.98. The van der Waals surface area contributed by atoms with E-state index in [4.69, 9.17) is 0 Å². The van der Waals surface area contributed by atoms with Crippen molar-refractivity contribution in [3.63, 3.8) is 0 Å². The molecular formula is C12H22. The van der Waals surface area contributed by atoms with Crippen molar-refractivity contribution in [3.8, 4) is 0 Å². The molecule has 0 aliphatic heterocycles. The molecule has 0 aromatic rings. The van der Waals surface area contributed by atoms with Gasteiger partial charge in [-0.3, -0.25) is 0 Å². The summed E-state index contributed by atoms with van der Waals surface area (Å²) in [5, 5.41) is 0. The second-order valence-electron chi connectivity index (χ2n) is 5.76. The first kappa shape index (κ1) is 9.83. The van der Waals surface area contributed by atoms with E-state index in [1.807, 2.05) is 0 Å². The summed E-state index contributed by atoms with van der Waals surface area (Å²) in [4.78, 5) is 0. The zero-order valence-corrected chi connectivity index (χ0v) is 9.20. The molecule has 1 fully saturated rings. The first-order chi connectivity index (χ1) is 5.26. The van der Waals surface area contributed by atoms with Crippen molar-refractivity contribution < 1.29 is 0 Å². The Balaban J connectivity index is 2.91. The van der Waals surface area contributed by atoms with Gasteiger partial charge >= 0.3 is 0 Å². The van der Waals surface area contributed by atoms with Crippen LogP contribution >= 0.6 is 0 Å². The van der Waals surface area contributed by atoms with Crippen LogP contribution in [0.5, 0.6) is 0 Å². The first-order valence-corrected chi connectivity index (χ1v) is 4.95. The van der Waals surface area contributed by atoms with Gasteiger partial charge in [0.25, 0.3) is 0 Å². The van der Waals surface area contributed by atoms with E-state index >= 15 is 0 Å². The Kier molecular flexibility index (Phi) is 2.14. The Labute approximate surface area is 77.1 Å². The van der Waals surface area contributed by atoms with Crippen LogP contribution in [0.4, 0.5) is 0 Å². The molecule has 1 saturated carbocycles. The summed E-state index contributed by atoms with van der Waals surface area (Å²) in [6, 6.07) is 0. The summed E-state index contributed by atoms with van der Waals surface area (Å²) in [5.74, 6) is 0.848. The van der Waals surface area contributed by atoms with Gasteiger partial charge in [-0.2, -0.15) is 0 Å². The maximum atomic E-state index is 4.25. The van der Waals surface area contributed by atoms with Gasteiger partial charge in [0.15, 0.2) is 0 Å². The van der Waals surface area contributed by atoms with Gasteiger partial charge in [-0.1, -0.05) is 46.8 Å². The molecule has 0 N–H and O–H groups in total. The third-order valence-corrected chi connectivity index (χ3v) is 3.35. The van der Waals surface area contributed by atoms with Gasteiger partial charge < -0.3 is 0 Å². The van der Waals surface area contributed by atoms with Crippen molar-refractivity contribution in [1.29, 1.82) is 0 Å². The van der Waals surface area contributed by atoms with Gasteiger partial charge in [-0.05, 0) is 29.6 Å². The second-order valence-corrected chi connectivity index (χ2v) is 5.76. The Morgan fingerprint density at radius 3 is 1.75 bits per heavy atom. The molecule has 0 amide bonds. The molecular weight excluding hydrogens is 144 g/mol. The minimum atomic E-state index is 0.348. The standard InChI is InChI=1S/C12H22/c1-9-7-11(3,4)10(2)12(5,6)8-9/h9H,2,7-8H2,1,3-6H3.